The number of benzene rings is 2. The van der Waals surface area contributed by atoms with E-state index in [1.807, 2.05) is 6.07 Å². The lowest BCUT2D eigenvalue weighted by atomic mass is 9.47. The topological polar surface area (TPSA) is 20.2 Å². The summed E-state index contributed by atoms with van der Waals surface area (Å²) in [6, 6.07) is 12.6. The molecule has 0 atom stereocenters. The van der Waals surface area contributed by atoms with Gasteiger partial charge in [-0.05, 0) is 90.2 Å². The Morgan fingerprint density at radius 1 is 0.857 bits per heavy atom. The van der Waals surface area contributed by atoms with Gasteiger partial charge in [0.2, 0.25) is 0 Å². The SMILES string of the molecule is Oc1cc(C23CC4CC(CC(C4)C2)C3)c2ccccc2c1. The van der Waals surface area contributed by atoms with Gasteiger partial charge in [-0.1, -0.05) is 24.3 Å². The maximum absolute atomic E-state index is 10.2. The molecule has 4 aliphatic rings. The van der Waals surface area contributed by atoms with Crippen molar-refractivity contribution in [1.82, 2.24) is 0 Å². The van der Waals surface area contributed by atoms with E-state index in [1.54, 1.807) is 0 Å². The van der Waals surface area contributed by atoms with Crippen molar-refractivity contribution in [2.75, 3.05) is 0 Å². The zero-order valence-corrected chi connectivity index (χ0v) is 12.4. The summed E-state index contributed by atoms with van der Waals surface area (Å²) in [6.45, 7) is 0. The minimum absolute atomic E-state index is 0.354. The third-order valence-electron chi connectivity index (χ3n) is 6.46. The Hall–Kier alpha value is -1.50. The molecule has 0 spiro atoms. The van der Waals surface area contributed by atoms with Crippen molar-refractivity contribution in [3.63, 3.8) is 0 Å². The zero-order valence-electron chi connectivity index (χ0n) is 12.4. The monoisotopic (exact) mass is 278 g/mol. The van der Waals surface area contributed by atoms with E-state index in [1.165, 1.54) is 54.9 Å². The molecule has 0 aromatic heterocycles. The largest absolute Gasteiger partial charge is 0.508 e. The standard InChI is InChI=1S/C20H22O/c21-17-8-16-3-1-2-4-18(16)19(9-17)20-10-13-5-14(11-20)7-15(6-13)12-20/h1-4,8-9,13-15,21H,5-7,10-12H2. The molecule has 1 heteroatoms. The van der Waals surface area contributed by atoms with E-state index in [2.05, 4.69) is 30.3 Å². The fourth-order valence-corrected chi connectivity index (χ4v) is 6.17. The second kappa shape index (κ2) is 4.03. The second-order valence-corrected chi connectivity index (χ2v) is 7.91. The van der Waals surface area contributed by atoms with E-state index in [-0.39, 0.29) is 0 Å². The van der Waals surface area contributed by atoms with E-state index in [0.29, 0.717) is 11.2 Å². The molecule has 2 aromatic carbocycles. The molecule has 6 rings (SSSR count). The Kier molecular flexibility index (Phi) is 2.32. The first-order valence-electron chi connectivity index (χ1n) is 8.44. The predicted molar refractivity (Wildman–Crippen MR) is 85.5 cm³/mol. The van der Waals surface area contributed by atoms with Crippen molar-refractivity contribution in [3.05, 3.63) is 42.0 Å². The Balaban J connectivity index is 1.74. The first kappa shape index (κ1) is 12.1. The molecule has 21 heavy (non-hydrogen) atoms. The summed E-state index contributed by atoms with van der Waals surface area (Å²) >= 11 is 0. The van der Waals surface area contributed by atoms with Gasteiger partial charge in [0, 0.05) is 0 Å². The Morgan fingerprint density at radius 2 is 1.48 bits per heavy atom. The number of rotatable bonds is 1. The van der Waals surface area contributed by atoms with Crippen LogP contribution < -0.4 is 0 Å². The highest BCUT2D eigenvalue weighted by Gasteiger charge is 2.52. The summed E-state index contributed by atoms with van der Waals surface area (Å²) in [4.78, 5) is 0. The van der Waals surface area contributed by atoms with Gasteiger partial charge in [0.1, 0.15) is 5.75 Å². The summed E-state index contributed by atoms with van der Waals surface area (Å²) in [6.07, 6.45) is 8.47. The fraction of sp³-hybridized carbons (Fsp3) is 0.500. The lowest BCUT2D eigenvalue weighted by Gasteiger charge is -2.57. The van der Waals surface area contributed by atoms with Gasteiger partial charge in [0.05, 0.1) is 0 Å². The average Bonchev–Trinajstić information content (AvgIpc) is 2.45. The molecule has 4 fully saturated rings. The molecule has 0 amide bonds. The highest BCUT2D eigenvalue weighted by Crippen LogP contribution is 2.61. The van der Waals surface area contributed by atoms with Crippen LogP contribution in [0.5, 0.6) is 5.75 Å². The molecule has 1 N–H and O–H groups in total. The summed E-state index contributed by atoms with van der Waals surface area (Å²) in [5.41, 5.74) is 1.80. The molecule has 0 saturated heterocycles. The average molecular weight is 278 g/mol. The molecular formula is C20H22O. The van der Waals surface area contributed by atoms with E-state index in [9.17, 15) is 5.11 Å². The van der Waals surface area contributed by atoms with Crippen molar-refractivity contribution in [2.24, 2.45) is 17.8 Å². The minimum atomic E-state index is 0.354. The highest BCUT2D eigenvalue weighted by molar-refractivity contribution is 5.88. The first-order chi connectivity index (χ1) is 10.2. The quantitative estimate of drug-likeness (QED) is 0.777. The van der Waals surface area contributed by atoms with Crippen LogP contribution in [0.15, 0.2) is 36.4 Å². The third kappa shape index (κ3) is 1.70. The Bertz CT molecular complexity index is 680. The molecule has 1 nitrogen and oxygen atoms in total. The maximum Gasteiger partial charge on any atom is 0.116 e. The van der Waals surface area contributed by atoms with Gasteiger partial charge in [-0.25, -0.2) is 0 Å². The highest BCUT2D eigenvalue weighted by atomic mass is 16.3. The van der Waals surface area contributed by atoms with Crippen LogP contribution >= 0.6 is 0 Å². The molecule has 2 aromatic rings. The van der Waals surface area contributed by atoms with Crippen LogP contribution in [-0.4, -0.2) is 5.11 Å². The summed E-state index contributed by atoms with van der Waals surface area (Å²) in [5, 5.41) is 12.8. The van der Waals surface area contributed by atoms with Gasteiger partial charge in [-0.3, -0.25) is 0 Å². The van der Waals surface area contributed by atoms with Gasteiger partial charge in [0.15, 0.2) is 0 Å². The van der Waals surface area contributed by atoms with Crippen LogP contribution in [0, 0.1) is 17.8 Å². The van der Waals surface area contributed by atoms with Crippen molar-refractivity contribution in [2.45, 2.75) is 43.9 Å². The van der Waals surface area contributed by atoms with Gasteiger partial charge in [0.25, 0.3) is 0 Å². The molecule has 4 saturated carbocycles. The Labute approximate surface area is 126 Å². The van der Waals surface area contributed by atoms with Crippen LogP contribution in [0.3, 0.4) is 0 Å². The number of phenolic OH excluding ortho intramolecular Hbond substituents is 1. The van der Waals surface area contributed by atoms with Crippen LogP contribution in [-0.2, 0) is 5.41 Å². The molecule has 4 bridgehead atoms. The first-order valence-corrected chi connectivity index (χ1v) is 8.44. The van der Waals surface area contributed by atoms with Crippen LogP contribution in [0.4, 0.5) is 0 Å². The fourth-order valence-electron chi connectivity index (χ4n) is 6.17. The lowest BCUT2D eigenvalue weighted by molar-refractivity contribution is -0.00457. The van der Waals surface area contributed by atoms with Gasteiger partial charge in [-0.2, -0.15) is 0 Å². The summed E-state index contributed by atoms with van der Waals surface area (Å²) < 4.78 is 0. The van der Waals surface area contributed by atoms with Crippen molar-refractivity contribution >= 4 is 10.8 Å². The van der Waals surface area contributed by atoms with Crippen molar-refractivity contribution in [3.8, 4) is 5.75 Å². The number of hydrogen-bond donors (Lipinski definition) is 1. The molecule has 108 valence electrons. The third-order valence-corrected chi connectivity index (χ3v) is 6.46. The maximum atomic E-state index is 10.2. The molecule has 4 aliphatic carbocycles. The number of phenols is 1. The number of aromatic hydroxyl groups is 1. The van der Waals surface area contributed by atoms with E-state index < -0.39 is 0 Å². The van der Waals surface area contributed by atoms with Crippen LogP contribution in [0.2, 0.25) is 0 Å². The van der Waals surface area contributed by atoms with Crippen molar-refractivity contribution in [1.29, 1.82) is 0 Å². The van der Waals surface area contributed by atoms with Crippen molar-refractivity contribution < 1.29 is 5.11 Å². The molecule has 0 heterocycles. The lowest BCUT2D eigenvalue weighted by Crippen LogP contribution is -2.48. The van der Waals surface area contributed by atoms with Crippen LogP contribution in [0.25, 0.3) is 10.8 Å². The Morgan fingerprint density at radius 3 is 2.14 bits per heavy atom. The van der Waals surface area contributed by atoms with Gasteiger partial charge >= 0.3 is 0 Å². The number of fused-ring (bicyclic) bond motifs is 1. The smallest absolute Gasteiger partial charge is 0.116 e. The van der Waals surface area contributed by atoms with Gasteiger partial charge in [-0.15, -0.1) is 0 Å². The van der Waals surface area contributed by atoms with E-state index in [0.717, 1.165) is 17.8 Å². The van der Waals surface area contributed by atoms with Crippen LogP contribution in [0.1, 0.15) is 44.1 Å². The predicted octanol–water partition coefficient (Wildman–Crippen LogP) is 5.01. The molecule has 0 unspecified atom stereocenters. The molecule has 0 radical (unpaired) electrons. The molecular weight excluding hydrogens is 256 g/mol. The molecule has 0 aliphatic heterocycles. The minimum Gasteiger partial charge on any atom is -0.508 e. The second-order valence-electron chi connectivity index (χ2n) is 7.91. The normalized spacial score (nSPS) is 37.2. The van der Waals surface area contributed by atoms with E-state index >= 15 is 0 Å². The van der Waals surface area contributed by atoms with Gasteiger partial charge < -0.3 is 5.11 Å². The summed E-state index contributed by atoms with van der Waals surface area (Å²) in [5.74, 6) is 3.27. The zero-order chi connectivity index (χ0) is 14.0. The summed E-state index contributed by atoms with van der Waals surface area (Å²) in [7, 11) is 0. The van der Waals surface area contributed by atoms with E-state index in [4.69, 9.17) is 0 Å². The number of hydrogen-bond acceptors (Lipinski definition) is 1.